The second-order valence-corrected chi connectivity index (χ2v) is 7.12. The number of amides is 1. The standard InChI is InChI=1S/C23H25N3O/c1-2-17-8-6-7-11-20(17)25-21(27)14-15-26-16-24-22(23(26)19-12-13-19)18-9-4-3-5-10-18/h3-11,16,19H,2,12-15H2,1H3,(H,25,27). The summed E-state index contributed by atoms with van der Waals surface area (Å²) >= 11 is 0. The van der Waals surface area contributed by atoms with Crippen LogP contribution >= 0.6 is 0 Å². The van der Waals surface area contributed by atoms with Gasteiger partial charge in [-0.3, -0.25) is 4.79 Å². The lowest BCUT2D eigenvalue weighted by molar-refractivity contribution is -0.116. The largest absolute Gasteiger partial charge is 0.333 e. The lowest BCUT2D eigenvalue weighted by atomic mass is 10.1. The molecule has 138 valence electrons. The van der Waals surface area contributed by atoms with Gasteiger partial charge in [-0.1, -0.05) is 55.5 Å². The quantitative estimate of drug-likeness (QED) is 0.644. The second-order valence-electron chi connectivity index (χ2n) is 7.12. The fourth-order valence-corrected chi connectivity index (χ4v) is 3.56. The van der Waals surface area contributed by atoms with Gasteiger partial charge in [-0.2, -0.15) is 0 Å². The predicted molar refractivity (Wildman–Crippen MR) is 109 cm³/mol. The molecule has 1 N–H and O–H groups in total. The molecule has 1 fully saturated rings. The number of aryl methyl sites for hydroxylation is 2. The molecule has 1 saturated carbocycles. The molecular weight excluding hydrogens is 334 g/mol. The number of aromatic nitrogens is 2. The van der Waals surface area contributed by atoms with Crippen molar-refractivity contribution in [1.29, 1.82) is 0 Å². The predicted octanol–water partition coefficient (Wildman–Crippen LogP) is 5.02. The van der Waals surface area contributed by atoms with Gasteiger partial charge < -0.3 is 9.88 Å². The molecule has 1 amide bonds. The van der Waals surface area contributed by atoms with Crippen LogP contribution in [0.4, 0.5) is 5.69 Å². The second kappa shape index (κ2) is 7.78. The van der Waals surface area contributed by atoms with E-state index in [4.69, 9.17) is 0 Å². The molecule has 0 aliphatic heterocycles. The lowest BCUT2D eigenvalue weighted by Crippen LogP contribution is -2.16. The van der Waals surface area contributed by atoms with E-state index in [1.54, 1.807) is 0 Å². The summed E-state index contributed by atoms with van der Waals surface area (Å²) in [6, 6.07) is 18.3. The van der Waals surface area contributed by atoms with Crippen molar-refractivity contribution < 1.29 is 4.79 Å². The molecule has 3 aromatic rings. The summed E-state index contributed by atoms with van der Waals surface area (Å²) in [4.78, 5) is 17.2. The van der Waals surface area contributed by atoms with E-state index in [0.29, 0.717) is 18.9 Å². The fraction of sp³-hybridized carbons (Fsp3) is 0.304. The summed E-state index contributed by atoms with van der Waals surface area (Å²) in [5, 5.41) is 3.06. The van der Waals surface area contributed by atoms with E-state index in [0.717, 1.165) is 23.4 Å². The van der Waals surface area contributed by atoms with Crippen molar-refractivity contribution in [2.45, 2.75) is 45.1 Å². The average Bonchev–Trinajstić information content (AvgIpc) is 3.46. The molecule has 1 aliphatic rings. The first-order chi connectivity index (χ1) is 13.3. The normalized spacial score (nSPS) is 13.5. The van der Waals surface area contributed by atoms with Gasteiger partial charge in [-0.25, -0.2) is 4.98 Å². The number of benzene rings is 2. The average molecular weight is 359 g/mol. The maximum atomic E-state index is 12.5. The van der Waals surface area contributed by atoms with Gasteiger partial charge >= 0.3 is 0 Å². The number of rotatable bonds is 7. The minimum Gasteiger partial charge on any atom is -0.333 e. The molecule has 4 heteroatoms. The van der Waals surface area contributed by atoms with Crippen LogP contribution in [0.5, 0.6) is 0 Å². The molecule has 27 heavy (non-hydrogen) atoms. The summed E-state index contributed by atoms with van der Waals surface area (Å²) in [5.41, 5.74) is 5.58. The highest BCUT2D eigenvalue weighted by atomic mass is 16.1. The van der Waals surface area contributed by atoms with Gasteiger partial charge in [0.1, 0.15) is 0 Å². The van der Waals surface area contributed by atoms with Crippen molar-refractivity contribution in [2.75, 3.05) is 5.32 Å². The van der Waals surface area contributed by atoms with Gasteiger partial charge in [0.05, 0.1) is 12.0 Å². The number of hydrogen-bond donors (Lipinski definition) is 1. The lowest BCUT2D eigenvalue weighted by Gasteiger charge is -2.12. The zero-order valence-electron chi connectivity index (χ0n) is 15.7. The maximum Gasteiger partial charge on any atom is 0.226 e. The Hall–Kier alpha value is -2.88. The highest BCUT2D eigenvalue weighted by molar-refractivity contribution is 5.91. The van der Waals surface area contributed by atoms with Gasteiger partial charge in [-0.15, -0.1) is 0 Å². The Morgan fingerprint density at radius 1 is 1.11 bits per heavy atom. The summed E-state index contributed by atoms with van der Waals surface area (Å²) < 4.78 is 2.17. The number of carbonyl (C=O) groups is 1. The van der Waals surface area contributed by atoms with Gasteiger partial charge in [-0.05, 0) is 30.9 Å². The molecule has 2 aromatic carbocycles. The molecule has 0 spiro atoms. The van der Waals surface area contributed by atoms with Crippen molar-refractivity contribution >= 4 is 11.6 Å². The van der Waals surface area contributed by atoms with E-state index < -0.39 is 0 Å². The Morgan fingerprint density at radius 2 is 1.85 bits per heavy atom. The third kappa shape index (κ3) is 3.95. The number of imidazole rings is 1. The molecule has 1 aromatic heterocycles. The molecule has 4 rings (SSSR count). The van der Waals surface area contributed by atoms with Crippen LogP contribution in [0.25, 0.3) is 11.3 Å². The molecule has 1 heterocycles. The molecule has 0 radical (unpaired) electrons. The van der Waals surface area contributed by atoms with Crippen LogP contribution in [0.3, 0.4) is 0 Å². The van der Waals surface area contributed by atoms with Crippen LogP contribution in [0, 0.1) is 0 Å². The van der Waals surface area contributed by atoms with E-state index >= 15 is 0 Å². The number of para-hydroxylation sites is 1. The topological polar surface area (TPSA) is 46.9 Å². The third-order valence-electron chi connectivity index (χ3n) is 5.14. The molecule has 1 aliphatic carbocycles. The Labute approximate surface area is 160 Å². The van der Waals surface area contributed by atoms with Gasteiger partial charge in [0.25, 0.3) is 0 Å². The van der Waals surface area contributed by atoms with Crippen LogP contribution in [0.2, 0.25) is 0 Å². The van der Waals surface area contributed by atoms with Gasteiger partial charge in [0.15, 0.2) is 0 Å². The molecule has 0 atom stereocenters. The minimum absolute atomic E-state index is 0.0487. The number of anilines is 1. The van der Waals surface area contributed by atoms with Crippen molar-refractivity contribution in [3.05, 3.63) is 72.2 Å². The van der Waals surface area contributed by atoms with Crippen molar-refractivity contribution in [3.8, 4) is 11.3 Å². The summed E-state index contributed by atoms with van der Waals surface area (Å²) in [6.07, 6.45) is 5.67. The van der Waals surface area contributed by atoms with Gasteiger partial charge in [0, 0.05) is 35.8 Å². The molecule has 4 nitrogen and oxygen atoms in total. The van der Waals surface area contributed by atoms with Crippen molar-refractivity contribution in [2.24, 2.45) is 0 Å². The Morgan fingerprint density at radius 3 is 2.59 bits per heavy atom. The zero-order valence-corrected chi connectivity index (χ0v) is 15.7. The molecule has 0 saturated heterocycles. The van der Waals surface area contributed by atoms with Crippen LogP contribution in [0.1, 0.15) is 43.4 Å². The number of nitrogens with zero attached hydrogens (tertiary/aromatic N) is 2. The number of nitrogens with one attached hydrogen (secondary N) is 1. The van der Waals surface area contributed by atoms with Crippen LogP contribution in [-0.2, 0) is 17.8 Å². The van der Waals surface area contributed by atoms with Crippen molar-refractivity contribution in [1.82, 2.24) is 9.55 Å². The Kier molecular flexibility index (Phi) is 5.05. The van der Waals surface area contributed by atoms with E-state index in [9.17, 15) is 4.79 Å². The Bertz CT molecular complexity index is 926. The number of carbonyl (C=O) groups excluding carboxylic acids is 1. The highest BCUT2D eigenvalue weighted by Crippen LogP contribution is 2.44. The van der Waals surface area contributed by atoms with E-state index in [1.165, 1.54) is 24.1 Å². The van der Waals surface area contributed by atoms with E-state index in [2.05, 4.69) is 40.0 Å². The van der Waals surface area contributed by atoms with Crippen LogP contribution in [-0.4, -0.2) is 15.5 Å². The van der Waals surface area contributed by atoms with Crippen LogP contribution < -0.4 is 5.32 Å². The van der Waals surface area contributed by atoms with Crippen molar-refractivity contribution in [3.63, 3.8) is 0 Å². The minimum atomic E-state index is 0.0487. The molecule has 0 bridgehead atoms. The van der Waals surface area contributed by atoms with Crippen LogP contribution in [0.15, 0.2) is 60.9 Å². The first-order valence-electron chi connectivity index (χ1n) is 9.74. The summed E-state index contributed by atoms with van der Waals surface area (Å²) in [6.45, 7) is 2.76. The SMILES string of the molecule is CCc1ccccc1NC(=O)CCn1cnc(-c2ccccc2)c1C1CC1. The first kappa shape index (κ1) is 17.5. The molecular formula is C23H25N3O. The summed E-state index contributed by atoms with van der Waals surface area (Å²) in [7, 11) is 0. The fourth-order valence-electron chi connectivity index (χ4n) is 3.56. The van der Waals surface area contributed by atoms with E-state index in [1.807, 2.05) is 42.7 Å². The number of hydrogen-bond acceptors (Lipinski definition) is 2. The maximum absolute atomic E-state index is 12.5. The third-order valence-corrected chi connectivity index (χ3v) is 5.14. The first-order valence-corrected chi connectivity index (χ1v) is 9.74. The van der Waals surface area contributed by atoms with E-state index in [-0.39, 0.29) is 5.91 Å². The smallest absolute Gasteiger partial charge is 0.226 e. The van der Waals surface area contributed by atoms with Gasteiger partial charge in [0.2, 0.25) is 5.91 Å². The monoisotopic (exact) mass is 359 g/mol. The Balaban J connectivity index is 1.47. The summed E-state index contributed by atoms with van der Waals surface area (Å²) in [5.74, 6) is 0.624. The highest BCUT2D eigenvalue weighted by Gasteiger charge is 2.30. The molecule has 0 unspecified atom stereocenters. The zero-order chi connectivity index (χ0) is 18.6.